The Bertz CT molecular complexity index is 436. The summed E-state index contributed by atoms with van der Waals surface area (Å²) in [7, 11) is 1.68. The summed E-state index contributed by atoms with van der Waals surface area (Å²) in [5.41, 5.74) is 1.11. The lowest BCUT2D eigenvalue weighted by atomic mass is 9.97. The van der Waals surface area contributed by atoms with E-state index < -0.39 is 0 Å². The first kappa shape index (κ1) is 16.1. The van der Waals surface area contributed by atoms with Gasteiger partial charge in [0, 0.05) is 18.7 Å². The van der Waals surface area contributed by atoms with E-state index in [-0.39, 0.29) is 0 Å². The molecule has 1 aliphatic rings. The molecule has 21 heavy (non-hydrogen) atoms. The largest absolute Gasteiger partial charge is 0.493 e. The van der Waals surface area contributed by atoms with Gasteiger partial charge in [0.1, 0.15) is 0 Å². The van der Waals surface area contributed by atoms with Gasteiger partial charge >= 0.3 is 0 Å². The number of ether oxygens (including phenoxy) is 2. The van der Waals surface area contributed by atoms with Crippen molar-refractivity contribution < 1.29 is 14.6 Å². The van der Waals surface area contributed by atoms with Gasteiger partial charge < -0.3 is 19.9 Å². The Kier molecular flexibility index (Phi) is 6.33. The van der Waals surface area contributed by atoms with Gasteiger partial charge in [0.15, 0.2) is 11.5 Å². The second-order valence-electron chi connectivity index (χ2n) is 5.65. The van der Waals surface area contributed by atoms with E-state index in [1.807, 2.05) is 19.1 Å². The molecule has 2 unspecified atom stereocenters. The molecule has 0 spiro atoms. The first-order valence-electron chi connectivity index (χ1n) is 7.90. The van der Waals surface area contributed by atoms with Crippen LogP contribution in [0.5, 0.6) is 11.5 Å². The number of benzene rings is 1. The molecule has 2 N–H and O–H groups in total. The predicted octanol–water partition coefficient (Wildman–Crippen LogP) is 2.59. The van der Waals surface area contributed by atoms with Crippen LogP contribution >= 0.6 is 0 Å². The second-order valence-corrected chi connectivity index (χ2v) is 5.65. The summed E-state index contributed by atoms with van der Waals surface area (Å²) in [6.07, 6.45) is 3.61. The molecule has 1 aromatic carbocycles. The Morgan fingerprint density at radius 2 is 2.10 bits per heavy atom. The summed E-state index contributed by atoms with van der Waals surface area (Å²) >= 11 is 0. The van der Waals surface area contributed by atoms with Crippen LogP contribution in [-0.2, 0) is 6.54 Å². The molecule has 0 bridgehead atoms. The quantitative estimate of drug-likeness (QED) is 0.773. The van der Waals surface area contributed by atoms with Crippen molar-refractivity contribution in [1.82, 2.24) is 5.32 Å². The molecule has 4 heteroatoms. The van der Waals surface area contributed by atoms with Gasteiger partial charge in [-0.05, 0) is 44.2 Å². The molecule has 0 amide bonds. The molecule has 0 aliphatic heterocycles. The maximum atomic E-state index is 9.37. The molecule has 2 atom stereocenters. The fraction of sp³-hybridized carbons (Fsp3) is 0.647. The third kappa shape index (κ3) is 4.11. The summed E-state index contributed by atoms with van der Waals surface area (Å²) in [5.74, 6) is 2.68. The van der Waals surface area contributed by atoms with Crippen molar-refractivity contribution in [3.05, 3.63) is 23.8 Å². The summed E-state index contributed by atoms with van der Waals surface area (Å²) in [6, 6.07) is 5.99. The molecule has 118 valence electrons. The van der Waals surface area contributed by atoms with Crippen molar-refractivity contribution in [3.8, 4) is 11.5 Å². The van der Waals surface area contributed by atoms with Crippen LogP contribution in [0.1, 0.15) is 31.7 Å². The minimum atomic E-state index is 0.315. The molecule has 1 saturated carbocycles. The van der Waals surface area contributed by atoms with Crippen molar-refractivity contribution in [2.24, 2.45) is 11.8 Å². The lowest BCUT2D eigenvalue weighted by Gasteiger charge is -2.19. The number of para-hydroxylation sites is 1. The standard InChI is InChI=1S/C17H27NO3/c1-3-21-16-9-5-7-14(17(16)20-2)11-18-10-13-6-4-8-15(13)12-19/h5,7,9,13,15,18-19H,3-4,6,8,10-12H2,1-2H3. The van der Waals surface area contributed by atoms with E-state index in [1.54, 1.807) is 7.11 Å². The van der Waals surface area contributed by atoms with Crippen molar-refractivity contribution in [2.75, 3.05) is 26.9 Å². The predicted molar refractivity (Wildman–Crippen MR) is 83.8 cm³/mol. The summed E-state index contributed by atoms with van der Waals surface area (Å²) in [6.45, 7) is 4.63. The Morgan fingerprint density at radius 3 is 2.81 bits per heavy atom. The molecule has 1 aliphatic carbocycles. The van der Waals surface area contributed by atoms with Crippen molar-refractivity contribution in [1.29, 1.82) is 0 Å². The van der Waals surface area contributed by atoms with Crippen LogP contribution in [0, 0.1) is 11.8 Å². The fourth-order valence-corrected chi connectivity index (χ4v) is 3.22. The Labute approximate surface area is 127 Å². The monoisotopic (exact) mass is 293 g/mol. The van der Waals surface area contributed by atoms with Gasteiger partial charge in [0.05, 0.1) is 13.7 Å². The zero-order valence-corrected chi connectivity index (χ0v) is 13.1. The van der Waals surface area contributed by atoms with Crippen LogP contribution < -0.4 is 14.8 Å². The van der Waals surface area contributed by atoms with Crippen molar-refractivity contribution >= 4 is 0 Å². The average molecular weight is 293 g/mol. The zero-order chi connectivity index (χ0) is 15.1. The van der Waals surface area contributed by atoms with Crippen molar-refractivity contribution in [2.45, 2.75) is 32.7 Å². The third-order valence-corrected chi connectivity index (χ3v) is 4.34. The van der Waals surface area contributed by atoms with Gasteiger partial charge in [-0.3, -0.25) is 0 Å². The van der Waals surface area contributed by atoms with Crippen LogP contribution in [0.2, 0.25) is 0 Å². The number of hydrogen-bond donors (Lipinski definition) is 2. The molecular weight excluding hydrogens is 266 g/mol. The van der Waals surface area contributed by atoms with E-state index in [4.69, 9.17) is 9.47 Å². The van der Waals surface area contributed by atoms with E-state index in [2.05, 4.69) is 11.4 Å². The number of hydrogen-bond acceptors (Lipinski definition) is 4. The molecular formula is C17H27NO3. The minimum Gasteiger partial charge on any atom is -0.493 e. The number of rotatable bonds is 8. The van der Waals surface area contributed by atoms with Crippen LogP contribution in [0.3, 0.4) is 0 Å². The lowest BCUT2D eigenvalue weighted by molar-refractivity contribution is 0.192. The van der Waals surface area contributed by atoms with Crippen LogP contribution in [0.4, 0.5) is 0 Å². The maximum absolute atomic E-state index is 9.37. The Balaban J connectivity index is 1.92. The van der Waals surface area contributed by atoms with E-state index in [1.165, 1.54) is 12.8 Å². The zero-order valence-electron chi connectivity index (χ0n) is 13.1. The van der Waals surface area contributed by atoms with Gasteiger partial charge in [0.25, 0.3) is 0 Å². The number of nitrogens with one attached hydrogen (secondary N) is 1. The highest BCUT2D eigenvalue weighted by molar-refractivity contribution is 5.46. The molecule has 1 fully saturated rings. The van der Waals surface area contributed by atoms with Crippen LogP contribution in [0.15, 0.2) is 18.2 Å². The smallest absolute Gasteiger partial charge is 0.165 e. The molecule has 2 rings (SSSR count). The van der Waals surface area contributed by atoms with E-state index in [0.717, 1.165) is 36.6 Å². The Morgan fingerprint density at radius 1 is 1.29 bits per heavy atom. The normalized spacial score (nSPS) is 21.5. The van der Waals surface area contributed by atoms with E-state index in [9.17, 15) is 5.11 Å². The van der Waals surface area contributed by atoms with Gasteiger partial charge in [-0.2, -0.15) is 0 Å². The number of methoxy groups -OCH3 is 1. The Hall–Kier alpha value is -1.26. The number of aliphatic hydroxyl groups excluding tert-OH is 1. The first-order chi connectivity index (χ1) is 10.3. The highest BCUT2D eigenvalue weighted by atomic mass is 16.5. The van der Waals surface area contributed by atoms with E-state index >= 15 is 0 Å². The third-order valence-electron chi connectivity index (χ3n) is 4.34. The van der Waals surface area contributed by atoms with Crippen molar-refractivity contribution in [3.63, 3.8) is 0 Å². The molecule has 0 saturated heterocycles. The molecule has 0 aromatic heterocycles. The molecule has 4 nitrogen and oxygen atoms in total. The lowest BCUT2D eigenvalue weighted by Crippen LogP contribution is -2.26. The molecule has 1 aromatic rings. The van der Waals surface area contributed by atoms with Gasteiger partial charge in [-0.15, -0.1) is 0 Å². The summed E-state index contributed by atoms with van der Waals surface area (Å²) < 4.78 is 11.1. The highest BCUT2D eigenvalue weighted by Gasteiger charge is 2.26. The van der Waals surface area contributed by atoms with E-state index in [0.29, 0.717) is 25.0 Å². The SMILES string of the molecule is CCOc1cccc(CNCC2CCCC2CO)c1OC. The first-order valence-corrected chi connectivity index (χ1v) is 7.90. The molecule has 0 heterocycles. The topological polar surface area (TPSA) is 50.7 Å². The second kappa shape index (κ2) is 8.25. The van der Waals surface area contributed by atoms with Gasteiger partial charge in [-0.1, -0.05) is 18.6 Å². The molecule has 0 radical (unpaired) electrons. The van der Waals surface area contributed by atoms with Gasteiger partial charge in [0.2, 0.25) is 0 Å². The fourth-order valence-electron chi connectivity index (χ4n) is 3.22. The summed E-state index contributed by atoms with van der Waals surface area (Å²) in [5, 5.41) is 12.9. The van der Waals surface area contributed by atoms with Gasteiger partial charge in [-0.25, -0.2) is 0 Å². The maximum Gasteiger partial charge on any atom is 0.165 e. The highest BCUT2D eigenvalue weighted by Crippen LogP contribution is 2.32. The average Bonchev–Trinajstić information content (AvgIpc) is 2.95. The summed E-state index contributed by atoms with van der Waals surface area (Å²) in [4.78, 5) is 0. The van der Waals surface area contributed by atoms with Crippen LogP contribution in [0.25, 0.3) is 0 Å². The minimum absolute atomic E-state index is 0.315. The van der Waals surface area contributed by atoms with Crippen LogP contribution in [-0.4, -0.2) is 32.0 Å². The number of aliphatic hydroxyl groups is 1.